The molecule has 0 radical (unpaired) electrons. The highest BCUT2D eigenvalue weighted by Crippen LogP contribution is 2.08. The van der Waals surface area contributed by atoms with E-state index in [2.05, 4.69) is 9.97 Å². The molecule has 0 aliphatic carbocycles. The minimum Gasteiger partial charge on any atom is -0.385 e. The molecule has 1 unspecified atom stereocenters. The maximum Gasteiger partial charge on any atom is 0.233 e. The maximum absolute atomic E-state index is 9.40. The first-order chi connectivity index (χ1) is 6.31. The second-order valence-electron chi connectivity index (χ2n) is 2.74. The summed E-state index contributed by atoms with van der Waals surface area (Å²) in [6.07, 6.45) is 4.53. The number of hydrogen-bond acceptors (Lipinski definition) is 4. The van der Waals surface area contributed by atoms with Crippen LogP contribution in [0.2, 0.25) is 0 Å². The van der Waals surface area contributed by atoms with E-state index in [1.54, 1.807) is 29.1 Å². The Morgan fingerprint density at radius 2 is 2.38 bits per heavy atom. The van der Waals surface area contributed by atoms with Gasteiger partial charge in [0.25, 0.3) is 0 Å². The van der Waals surface area contributed by atoms with Crippen LogP contribution in [0.5, 0.6) is 0 Å². The predicted molar refractivity (Wildman–Crippen MR) is 47.0 cm³/mol. The van der Waals surface area contributed by atoms with Crippen molar-refractivity contribution in [2.45, 2.75) is 6.10 Å². The van der Waals surface area contributed by atoms with Gasteiger partial charge in [-0.05, 0) is 6.07 Å². The number of aliphatic hydroxyl groups excluding tert-OH is 1. The highest BCUT2D eigenvalue weighted by molar-refractivity contribution is 5.29. The smallest absolute Gasteiger partial charge is 0.233 e. The summed E-state index contributed by atoms with van der Waals surface area (Å²) in [6, 6.07) is 1.73. The molecule has 0 saturated carbocycles. The monoisotopic (exact) mass is 178 g/mol. The summed E-state index contributed by atoms with van der Waals surface area (Å²) >= 11 is 0. The molecule has 68 valence electrons. The molecule has 0 aliphatic rings. The third-order valence-corrected chi connectivity index (χ3v) is 1.85. The Bertz CT molecular complexity index is 411. The van der Waals surface area contributed by atoms with Gasteiger partial charge in [-0.1, -0.05) is 0 Å². The summed E-state index contributed by atoms with van der Waals surface area (Å²) in [5.74, 6) is 0.574. The molecule has 2 heterocycles. The van der Waals surface area contributed by atoms with Crippen LogP contribution < -0.4 is 5.73 Å². The number of rotatable bonds is 2. The van der Waals surface area contributed by atoms with Crippen molar-refractivity contribution in [1.82, 2.24) is 14.4 Å². The van der Waals surface area contributed by atoms with Gasteiger partial charge in [0.05, 0.1) is 5.69 Å². The number of nitrogens with zero attached hydrogens (tertiary/aromatic N) is 3. The van der Waals surface area contributed by atoms with Gasteiger partial charge in [-0.25, -0.2) is 9.97 Å². The standard InChI is InChI=1S/C8H10N4O/c9-5-7(13)6-1-3-12-4-2-10-8(12)11-6/h1-4,7,13H,5,9H2. The molecular weight excluding hydrogens is 168 g/mol. The summed E-state index contributed by atoms with van der Waals surface area (Å²) in [5, 5.41) is 9.40. The largest absolute Gasteiger partial charge is 0.385 e. The lowest BCUT2D eigenvalue weighted by Gasteiger charge is -2.05. The average Bonchev–Trinajstić information content (AvgIpc) is 2.63. The lowest BCUT2D eigenvalue weighted by Crippen LogP contribution is -2.13. The summed E-state index contributed by atoms with van der Waals surface area (Å²) in [4.78, 5) is 8.12. The topological polar surface area (TPSA) is 76.4 Å². The number of fused-ring (bicyclic) bond motifs is 1. The second kappa shape index (κ2) is 3.12. The molecule has 2 aromatic heterocycles. The highest BCUT2D eigenvalue weighted by Gasteiger charge is 2.07. The fourth-order valence-electron chi connectivity index (χ4n) is 1.12. The Balaban J connectivity index is 2.48. The first-order valence-corrected chi connectivity index (χ1v) is 3.99. The van der Waals surface area contributed by atoms with Gasteiger partial charge in [-0.15, -0.1) is 0 Å². The first-order valence-electron chi connectivity index (χ1n) is 3.99. The quantitative estimate of drug-likeness (QED) is 0.663. The van der Waals surface area contributed by atoms with E-state index < -0.39 is 6.10 Å². The minimum absolute atomic E-state index is 0.171. The van der Waals surface area contributed by atoms with Crippen LogP contribution in [0.1, 0.15) is 11.8 Å². The van der Waals surface area contributed by atoms with Crippen LogP contribution in [-0.4, -0.2) is 26.0 Å². The van der Waals surface area contributed by atoms with E-state index in [-0.39, 0.29) is 6.54 Å². The third kappa shape index (κ3) is 1.39. The van der Waals surface area contributed by atoms with Gasteiger partial charge in [0.1, 0.15) is 6.10 Å². The van der Waals surface area contributed by atoms with Gasteiger partial charge in [-0.3, -0.25) is 4.40 Å². The SMILES string of the molecule is NCC(O)c1ccn2ccnc2n1. The van der Waals surface area contributed by atoms with Crippen molar-refractivity contribution in [3.05, 3.63) is 30.4 Å². The molecule has 0 saturated heterocycles. The zero-order valence-electron chi connectivity index (χ0n) is 6.96. The molecule has 2 rings (SSSR count). The van der Waals surface area contributed by atoms with E-state index in [1.165, 1.54) is 0 Å². The van der Waals surface area contributed by atoms with Crippen molar-refractivity contribution in [3.63, 3.8) is 0 Å². The molecule has 1 atom stereocenters. The van der Waals surface area contributed by atoms with Crippen LogP contribution in [0, 0.1) is 0 Å². The van der Waals surface area contributed by atoms with E-state index in [1.807, 2.05) is 0 Å². The maximum atomic E-state index is 9.40. The van der Waals surface area contributed by atoms with Crippen molar-refractivity contribution in [2.75, 3.05) is 6.54 Å². The van der Waals surface area contributed by atoms with Crippen LogP contribution in [0.25, 0.3) is 5.78 Å². The molecule has 3 N–H and O–H groups in total. The fourth-order valence-corrected chi connectivity index (χ4v) is 1.12. The zero-order valence-corrected chi connectivity index (χ0v) is 6.96. The van der Waals surface area contributed by atoms with Gasteiger partial charge in [0.2, 0.25) is 5.78 Å². The molecule has 0 amide bonds. The molecule has 5 nitrogen and oxygen atoms in total. The van der Waals surface area contributed by atoms with Crippen molar-refractivity contribution < 1.29 is 5.11 Å². The molecular formula is C8H10N4O. The van der Waals surface area contributed by atoms with E-state index in [4.69, 9.17) is 5.73 Å². The van der Waals surface area contributed by atoms with Gasteiger partial charge in [0, 0.05) is 25.1 Å². The first kappa shape index (κ1) is 8.15. The minimum atomic E-state index is -0.707. The average molecular weight is 178 g/mol. The van der Waals surface area contributed by atoms with Crippen LogP contribution in [0.15, 0.2) is 24.7 Å². The number of nitrogens with two attached hydrogens (primary N) is 1. The number of imidazole rings is 1. The molecule has 0 aromatic carbocycles. The fraction of sp³-hybridized carbons (Fsp3) is 0.250. The Labute approximate surface area is 74.9 Å². The van der Waals surface area contributed by atoms with Crippen LogP contribution in [0.4, 0.5) is 0 Å². The second-order valence-corrected chi connectivity index (χ2v) is 2.74. The van der Waals surface area contributed by atoms with E-state index in [0.29, 0.717) is 11.5 Å². The van der Waals surface area contributed by atoms with E-state index >= 15 is 0 Å². The van der Waals surface area contributed by atoms with Gasteiger partial charge < -0.3 is 10.8 Å². The van der Waals surface area contributed by atoms with Gasteiger partial charge in [0.15, 0.2) is 0 Å². The Kier molecular flexibility index (Phi) is 1.96. The van der Waals surface area contributed by atoms with Crippen LogP contribution >= 0.6 is 0 Å². The molecule has 0 spiro atoms. The van der Waals surface area contributed by atoms with Crippen molar-refractivity contribution in [1.29, 1.82) is 0 Å². The van der Waals surface area contributed by atoms with Crippen LogP contribution in [0.3, 0.4) is 0 Å². The Hall–Kier alpha value is -1.46. The van der Waals surface area contributed by atoms with Crippen molar-refractivity contribution in [2.24, 2.45) is 5.73 Å². The number of hydrogen-bond donors (Lipinski definition) is 2. The van der Waals surface area contributed by atoms with Gasteiger partial charge in [-0.2, -0.15) is 0 Å². The van der Waals surface area contributed by atoms with Crippen molar-refractivity contribution >= 4 is 5.78 Å². The summed E-state index contributed by atoms with van der Waals surface area (Å²) < 4.78 is 1.77. The molecule has 0 aliphatic heterocycles. The zero-order chi connectivity index (χ0) is 9.26. The van der Waals surface area contributed by atoms with Crippen LogP contribution in [-0.2, 0) is 0 Å². The molecule has 5 heteroatoms. The third-order valence-electron chi connectivity index (χ3n) is 1.85. The van der Waals surface area contributed by atoms with E-state index in [9.17, 15) is 5.11 Å². The molecule has 2 aromatic rings. The van der Waals surface area contributed by atoms with Gasteiger partial charge >= 0.3 is 0 Å². The molecule has 13 heavy (non-hydrogen) atoms. The Morgan fingerprint density at radius 3 is 3.15 bits per heavy atom. The number of aromatic nitrogens is 3. The molecule has 0 bridgehead atoms. The predicted octanol–water partition coefficient (Wildman–Crippen LogP) is -0.279. The highest BCUT2D eigenvalue weighted by atomic mass is 16.3. The van der Waals surface area contributed by atoms with Crippen molar-refractivity contribution in [3.8, 4) is 0 Å². The molecule has 0 fully saturated rings. The summed E-state index contributed by atoms with van der Waals surface area (Å²) in [7, 11) is 0. The summed E-state index contributed by atoms with van der Waals surface area (Å²) in [5.41, 5.74) is 5.86. The Morgan fingerprint density at radius 1 is 1.54 bits per heavy atom. The normalized spacial score (nSPS) is 13.4. The summed E-state index contributed by atoms with van der Waals surface area (Å²) in [6.45, 7) is 0.171. The lowest BCUT2D eigenvalue weighted by molar-refractivity contribution is 0.182. The number of aliphatic hydroxyl groups is 1. The lowest BCUT2D eigenvalue weighted by atomic mass is 10.2. The van der Waals surface area contributed by atoms with E-state index in [0.717, 1.165) is 0 Å².